The predicted octanol–water partition coefficient (Wildman–Crippen LogP) is 7.47. The Labute approximate surface area is 213 Å². The van der Waals surface area contributed by atoms with Crippen LogP contribution in [0.1, 0.15) is 55.4 Å². The summed E-state index contributed by atoms with van der Waals surface area (Å²) in [5.74, 6) is 1.07. The average molecular weight is 487 g/mol. The van der Waals surface area contributed by atoms with Gasteiger partial charge < -0.3 is 19.3 Å². The summed E-state index contributed by atoms with van der Waals surface area (Å²) >= 11 is 0. The molecule has 0 saturated carbocycles. The van der Waals surface area contributed by atoms with Crippen LogP contribution >= 0.6 is 0 Å². The number of hydrogen-bond acceptors (Lipinski definition) is 4. The standard InChI is InChI=1S/C31H34O5/c1-5-28-26(22-13-11-21(4)12-14-22)18-25(20(2)3)31(36-28)27-17-24(35-23-9-7-6-8-10-23)15-16-29(27)34-19-30(32)33/h6-17,25-26,28,31H,2,5,18-19H2,1,3-4H3,(H,32,33)/t25-,26-,28+,31+/m1/s1. The summed E-state index contributed by atoms with van der Waals surface area (Å²) in [6.45, 7) is 10.1. The maximum Gasteiger partial charge on any atom is 0.341 e. The van der Waals surface area contributed by atoms with E-state index < -0.39 is 12.6 Å². The number of carboxylic acids is 1. The summed E-state index contributed by atoms with van der Waals surface area (Å²) in [4.78, 5) is 11.3. The molecule has 188 valence electrons. The third-order valence-electron chi connectivity index (χ3n) is 6.80. The van der Waals surface area contributed by atoms with Crippen LogP contribution in [0.4, 0.5) is 0 Å². The number of benzene rings is 3. The van der Waals surface area contributed by atoms with Gasteiger partial charge >= 0.3 is 5.97 Å². The first-order chi connectivity index (χ1) is 17.4. The number of para-hydroxylation sites is 1. The largest absolute Gasteiger partial charge is 0.482 e. The summed E-state index contributed by atoms with van der Waals surface area (Å²) in [5, 5.41) is 9.23. The van der Waals surface area contributed by atoms with Gasteiger partial charge in [0.05, 0.1) is 12.2 Å². The second kappa shape index (κ2) is 11.4. The van der Waals surface area contributed by atoms with Gasteiger partial charge in [0.25, 0.3) is 0 Å². The molecule has 1 aliphatic heterocycles. The van der Waals surface area contributed by atoms with Gasteiger partial charge in [0.15, 0.2) is 6.61 Å². The number of hydrogen-bond donors (Lipinski definition) is 1. The second-order valence-corrected chi connectivity index (χ2v) is 9.51. The molecule has 1 N–H and O–H groups in total. The molecule has 1 saturated heterocycles. The third-order valence-corrected chi connectivity index (χ3v) is 6.80. The minimum absolute atomic E-state index is 0.000622. The lowest BCUT2D eigenvalue weighted by Gasteiger charge is -2.43. The summed E-state index contributed by atoms with van der Waals surface area (Å²) in [5.41, 5.74) is 4.29. The van der Waals surface area contributed by atoms with Crippen LogP contribution in [0.5, 0.6) is 17.2 Å². The molecule has 4 rings (SSSR count). The molecule has 3 aromatic rings. The van der Waals surface area contributed by atoms with Gasteiger partial charge in [-0.2, -0.15) is 0 Å². The first-order valence-electron chi connectivity index (χ1n) is 12.4. The van der Waals surface area contributed by atoms with E-state index in [1.807, 2.05) is 43.3 Å². The van der Waals surface area contributed by atoms with Crippen molar-refractivity contribution in [1.82, 2.24) is 0 Å². The van der Waals surface area contributed by atoms with Crippen LogP contribution in [0, 0.1) is 12.8 Å². The van der Waals surface area contributed by atoms with Crippen molar-refractivity contribution in [1.29, 1.82) is 0 Å². The Morgan fingerprint density at radius 1 is 1.06 bits per heavy atom. The van der Waals surface area contributed by atoms with Crippen LogP contribution in [0.2, 0.25) is 0 Å². The predicted molar refractivity (Wildman–Crippen MR) is 141 cm³/mol. The zero-order chi connectivity index (χ0) is 25.7. The van der Waals surface area contributed by atoms with Crippen molar-refractivity contribution in [3.8, 4) is 17.2 Å². The molecule has 36 heavy (non-hydrogen) atoms. The molecule has 0 radical (unpaired) electrons. The summed E-state index contributed by atoms with van der Waals surface area (Å²) in [6.07, 6.45) is 1.39. The highest BCUT2D eigenvalue weighted by molar-refractivity contribution is 5.68. The lowest BCUT2D eigenvalue weighted by molar-refractivity contribution is -0.139. The van der Waals surface area contributed by atoms with Gasteiger partial charge in [-0.15, -0.1) is 0 Å². The summed E-state index contributed by atoms with van der Waals surface area (Å²) < 4.78 is 18.6. The maximum atomic E-state index is 11.3. The lowest BCUT2D eigenvalue weighted by atomic mass is 9.75. The minimum atomic E-state index is -1.03. The lowest BCUT2D eigenvalue weighted by Crippen LogP contribution is -2.36. The van der Waals surface area contributed by atoms with Gasteiger partial charge in [-0.1, -0.05) is 67.1 Å². The van der Waals surface area contributed by atoms with E-state index in [4.69, 9.17) is 14.2 Å². The van der Waals surface area contributed by atoms with Crippen LogP contribution in [0.25, 0.3) is 0 Å². The van der Waals surface area contributed by atoms with Gasteiger partial charge in [-0.25, -0.2) is 4.79 Å². The van der Waals surface area contributed by atoms with E-state index in [0.717, 1.165) is 29.7 Å². The quantitative estimate of drug-likeness (QED) is 0.318. The zero-order valence-corrected chi connectivity index (χ0v) is 21.1. The van der Waals surface area contributed by atoms with Crippen molar-refractivity contribution in [3.63, 3.8) is 0 Å². The zero-order valence-electron chi connectivity index (χ0n) is 21.1. The Morgan fingerprint density at radius 3 is 2.42 bits per heavy atom. The van der Waals surface area contributed by atoms with Gasteiger partial charge in [-0.3, -0.25) is 0 Å². The summed E-state index contributed by atoms with van der Waals surface area (Å²) in [6, 6.07) is 23.7. The highest BCUT2D eigenvalue weighted by Gasteiger charge is 2.40. The Hall–Kier alpha value is -3.57. The van der Waals surface area contributed by atoms with Crippen molar-refractivity contribution < 1.29 is 24.1 Å². The topological polar surface area (TPSA) is 65.0 Å². The molecule has 0 aromatic heterocycles. The Kier molecular flexibility index (Phi) is 8.11. The van der Waals surface area contributed by atoms with E-state index in [9.17, 15) is 9.90 Å². The molecule has 5 nitrogen and oxygen atoms in total. The van der Waals surface area contributed by atoms with E-state index in [0.29, 0.717) is 11.5 Å². The molecule has 0 bridgehead atoms. The highest BCUT2D eigenvalue weighted by Crippen LogP contribution is 2.49. The van der Waals surface area contributed by atoms with E-state index in [1.54, 1.807) is 12.1 Å². The van der Waals surface area contributed by atoms with Crippen molar-refractivity contribution in [2.24, 2.45) is 5.92 Å². The van der Waals surface area contributed by atoms with Gasteiger partial charge in [0.2, 0.25) is 0 Å². The fourth-order valence-electron chi connectivity index (χ4n) is 4.93. The molecule has 5 heteroatoms. The molecule has 0 unspecified atom stereocenters. The molecular formula is C31H34O5. The van der Waals surface area contributed by atoms with Gasteiger partial charge in [-0.05, 0) is 62.6 Å². The van der Waals surface area contributed by atoms with Crippen molar-refractivity contribution in [2.45, 2.75) is 51.7 Å². The molecule has 1 aliphatic rings. The maximum absolute atomic E-state index is 11.3. The molecule has 0 aliphatic carbocycles. The smallest absolute Gasteiger partial charge is 0.341 e. The summed E-state index contributed by atoms with van der Waals surface area (Å²) in [7, 11) is 0. The number of carboxylic acid groups (broad SMARTS) is 1. The first-order valence-corrected chi connectivity index (χ1v) is 12.4. The van der Waals surface area contributed by atoms with Gasteiger partial charge in [0.1, 0.15) is 17.2 Å². The number of ether oxygens (including phenoxy) is 3. The average Bonchev–Trinajstić information content (AvgIpc) is 2.88. The van der Waals surface area contributed by atoms with E-state index >= 15 is 0 Å². The third kappa shape index (κ3) is 5.97. The first kappa shape index (κ1) is 25.5. The van der Waals surface area contributed by atoms with Crippen molar-refractivity contribution >= 4 is 5.97 Å². The molecule has 0 amide bonds. The monoisotopic (exact) mass is 486 g/mol. The number of aliphatic carboxylic acids is 1. The van der Waals surface area contributed by atoms with Crippen LogP contribution in [-0.2, 0) is 9.53 Å². The molecule has 1 heterocycles. The van der Waals surface area contributed by atoms with Crippen molar-refractivity contribution in [2.75, 3.05) is 6.61 Å². The second-order valence-electron chi connectivity index (χ2n) is 9.51. The fraction of sp³-hybridized carbons (Fsp3) is 0.323. The molecule has 3 aromatic carbocycles. The molecule has 1 fully saturated rings. The molecular weight excluding hydrogens is 452 g/mol. The molecule has 4 atom stereocenters. The normalized spacial score (nSPS) is 21.5. The SMILES string of the molecule is C=C(C)[C@H]1C[C@H](c2ccc(C)cc2)[C@H](CC)O[C@@H]1c1cc(Oc2ccccc2)ccc1OCC(=O)O. The van der Waals surface area contributed by atoms with Crippen molar-refractivity contribution in [3.05, 3.63) is 102 Å². The Bertz CT molecular complexity index is 1190. The number of rotatable bonds is 9. The highest BCUT2D eigenvalue weighted by atomic mass is 16.5. The van der Waals surface area contributed by atoms with Crippen LogP contribution in [0.15, 0.2) is 84.9 Å². The van der Waals surface area contributed by atoms with E-state index in [-0.39, 0.29) is 24.0 Å². The fourth-order valence-corrected chi connectivity index (χ4v) is 4.93. The number of aryl methyl sites for hydroxylation is 1. The number of carbonyl (C=O) groups is 1. The minimum Gasteiger partial charge on any atom is -0.482 e. The Morgan fingerprint density at radius 2 is 1.78 bits per heavy atom. The van der Waals surface area contributed by atoms with Gasteiger partial charge in [0, 0.05) is 17.4 Å². The van der Waals surface area contributed by atoms with E-state index in [2.05, 4.69) is 44.7 Å². The van der Waals surface area contributed by atoms with Crippen LogP contribution in [-0.4, -0.2) is 23.8 Å². The Balaban J connectivity index is 1.71. The van der Waals surface area contributed by atoms with Crippen LogP contribution in [0.3, 0.4) is 0 Å². The molecule has 0 spiro atoms. The van der Waals surface area contributed by atoms with Crippen LogP contribution < -0.4 is 9.47 Å². The van der Waals surface area contributed by atoms with E-state index in [1.165, 1.54) is 11.1 Å².